The molecule has 0 saturated carbocycles. The summed E-state index contributed by atoms with van der Waals surface area (Å²) in [6, 6.07) is 8.38. The summed E-state index contributed by atoms with van der Waals surface area (Å²) < 4.78 is 3.14. The summed E-state index contributed by atoms with van der Waals surface area (Å²) in [6.45, 7) is 2.66. The van der Waals surface area contributed by atoms with Gasteiger partial charge < -0.3 is 5.73 Å². The van der Waals surface area contributed by atoms with Crippen molar-refractivity contribution in [3.05, 3.63) is 40.9 Å². The molecule has 0 bridgehead atoms. The Hall–Kier alpha value is -1.88. The fourth-order valence-corrected chi connectivity index (χ4v) is 2.79. The van der Waals surface area contributed by atoms with Crippen molar-refractivity contribution in [2.75, 3.05) is 5.73 Å². The summed E-state index contributed by atoms with van der Waals surface area (Å²) >= 11 is 1.75. The maximum atomic E-state index is 5.69. The number of nitrogens with zero attached hydrogens (tertiary/aromatic N) is 3. The van der Waals surface area contributed by atoms with Crippen LogP contribution < -0.4 is 5.73 Å². The molecule has 0 spiro atoms. The van der Waals surface area contributed by atoms with Crippen molar-refractivity contribution in [1.29, 1.82) is 0 Å². The highest BCUT2D eigenvalue weighted by molar-refractivity contribution is 7.17. The SMILES string of the molecule is Cc1c(N)nnn1Cc1csc2ccccc12. The Morgan fingerprint density at radius 1 is 1.35 bits per heavy atom. The van der Waals surface area contributed by atoms with Gasteiger partial charge in [0, 0.05) is 4.70 Å². The van der Waals surface area contributed by atoms with Gasteiger partial charge in [0.2, 0.25) is 0 Å². The average Bonchev–Trinajstić information content (AvgIpc) is 2.89. The minimum absolute atomic E-state index is 0.504. The first kappa shape index (κ1) is 10.3. The molecule has 3 aromatic rings. The van der Waals surface area contributed by atoms with E-state index in [1.54, 1.807) is 11.3 Å². The molecule has 1 aromatic carbocycles. The minimum atomic E-state index is 0.504. The number of aromatic nitrogens is 3. The van der Waals surface area contributed by atoms with E-state index in [9.17, 15) is 0 Å². The second-order valence-corrected chi connectivity index (χ2v) is 4.89. The molecule has 17 heavy (non-hydrogen) atoms. The Bertz CT molecular complexity index is 668. The predicted octanol–water partition coefficient (Wildman–Crippen LogP) is 2.43. The van der Waals surface area contributed by atoms with Crippen LogP contribution in [0.25, 0.3) is 10.1 Å². The van der Waals surface area contributed by atoms with Crippen LogP contribution in [-0.4, -0.2) is 15.0 Å². The van der Waals surface area contributed by atoms with Crippen molar-refractivity contribution < 1.29 is 0 Å². The number of hydrogen-bond donors (Lipinski definition) is 1. The second-order valence-electron chi connectivity index (χ2n) is 3.97. The van der Waals surface area contributed by atoms with Gasteiger partial charge in [0.1, 0.15) is 0 Å². The Morgan fingerprint density at radius 3 is 2.94 bits per heavy atom. The number of thiophene rings is 1. The van der Waals surface area contributed by atoms with Crippen molar-refractivity contribution in [3.8, 4) is 0 Å². The highest BCUT2D eigenvalue weighted by Crippen LogP contribution is 2.26. The molecular weight excluding hydrogens is 232 g/mol. The first-order valence-electron chi connectivity index (χ1n) is 5.36. The fourth-order valence-electron chi connectivity index (χ4n) is 1.84. The summed E-state index contributed by atoms with van der Waals surface area (Å²) in [5, 5.41) is 11.4. The van der Waals surface area contributed by atoms with Crippen molar-refractivity contribution in [2.45, 2.75) is 13.5 Å². The van der Waals surface area contributed by atoms with Gasteiger partial charge in [0.15, 0.2) is 5.82 Å². The molecule has 86 valence electrons. The van der Waals surface area contributed by atoms with Gasteiger partial charge in [-0.05, 0) is 29.3 Å². The van der Waals surface area contributed by atoms with Gasteiger partial charge in [0.05, 0.1) is 12.2 Å². The lowest BCUT2D eigenvalue weighted by Gasteiger charge is -2.02. The molecule has 0 aliphatic heterocycles. The first-order valence-corrected chi connectivity index (χ1v) is 6.24. The summed E-state index contributed by atoms with van der Waals surface area (Å²) in [5.41, 5.74) is 7.87. The van der Waals surface area contributed by atoms with E-state index in [0.717, 1.165) is 12.2 Å². The van der Waals surface area contributed by atoms with Crippen molar-refractivity contribution in [1.82, 2.24) is 15.0 Å². The van der Waals surface area contributed by atoms with Gasteiger partial charge >= 0.3 is 0 Å². The van der Waals surface area contributed by atoms with Gasteiger partial charge in [-0.25, -0.2) is 4.68 Å². The lowest BCUT2D eigenvalue weighted by atomic mass is 10.2. The fraction of sp³-hybridized carbons (Fsp3) is 0.167. The zero-order valence-electron chi connectivity index (χ0n) is 9.42. The van der Waals surface area contributed by atoms with E-state index in [2.05, 4.69) is 40.0 Å². The van der Waals surface area contributed by atoms with Gasteiger partial charge in [-0.15, -0.1) is 16.4 Å². The van der Waals surface area contributed by atoms with Crippen LogP contribution in [0, 0.1) is 6.92 Å². The maximum absolute atomic E-state index is 5.69. The minimum Gasteiger partial charge on any atom is -0.381 e. The summed E-state index contributed by atoms with van der Waals surface area (Å²) in [4.78, 5) is 0. The third-order valence-corrected chi connectivity index (χ3v) is 3.91. The Kier molecular flexibility index (Phi) is 2.33. The molecule has 0 amide bonds. The normalized spacial score (nSPS) is 11.1. The molecule has 3 rings (SSSR count). The van der Waals surface area contributed by atoms with Crippen LogP contribution in [0.1, 0.15) is 11.3 Å². The molecule has 2 N–H and O–H groups in total. The van der Waals surface area contributed by atoms with Crippen LogP contribution in [0.5, 0.6) is 0 Å². The molecule has 5 heteroatoms. The third kappa shape index (κ3) is 1.68. The quantitative estimate of drug-likeness (QED) is 0.753. The van der Waals surface area contributed by atoms with E-state index in [-0.39, 0.29) is 0 Å². The Balaban J connectivity index is 2.03. The van der Waals surface area contributed by atoms with Crippen molar-refractivity contribution in [2.24, 2.45) is 0 Å². The predicted molar refractivity (Wildman–Crippen MR) is 70.1 cm³/mol. The first-order chi connectivity index (χ1) is 8.25. The average molecular weight is 244 g/mol. The zero-order chi connectivity index (χ0) is 11.8. The van der Waals surface area contributed by atoms with Crippen molar-refractivity contribution in [3.63, 3.8) is 0 Å². The van der Waals surface area contributed by atoms with Gasteiger partial charge in [-0.1, -0.05) is 23.4 Å². The molecule has 0 fully saturated rings. The van der Waals surface area contributed by atoms with E-state index < -0.39 is 0 Å². The van der Waals surface area contributed by atoms with Crippen LogP contribution >= 0.6 is 11.3 Å². The van der Waals surface area contributed by atoms with Crippen molar-refractivity contribution >= 4 is 27.2 Å². The van der Waals surface area contributed by atoms with E-state index >= 15 is 0 Å². The van der Waals surface area contributed by atoms with Crippen LogP contribution in [0.3, 0.4) is 0 Å². The number of fused-ring (bicyclic) bond motifs is 1. The van der Waals surface area contributed by atoms with Crippen LogP contribution in [0.15, 0.2) is 29.6 Å². The standard InChI is InChI=1S/C12H12N4S/c1-8-12(13)14-15-16(8)6-9-7-17-11-5-3-2-4-10(9)11/h2-5,7H,6,13H2,1H3. The number of nitrogens with two attached hydrogens (primary N) is 1. The van der Waals surface area contributed by atoms with Gasteiger partial charge in [-0.3, -0.25) is 0 Å². The number of hydrogen-bond acceptors (Lipinski definition) is 4. The molecule has 0 saturated heterocycles. The number of nitrogen functional groups attached to an aromatic ring is 1. The van der Waals surface area contributed by atoms with Gasteiger partial charge in [-0.2, -0.15) is 0 Å². The summed E-state index contributed by atoms with van der Waals surface area (Å²) in [5.74, 6) is 0.504. The molecule has 0 unspecified atom stereocenters. The highest BCUT2D eigenvalue weighted by Gasteiger charge is 2.08. The third-order valence-electron chi connectivity index (χ3n) is 2.90. The molecule has 0 atom stereocenters. The summed E-state index contributed by atoms with van der Waals surface area (Å²) in [6.07, 6.45) is 0. The highest BCUT2D eigenvalue weighted by atomic mass is 32.1. The lowest BCUT2D eigenvalue weighted by Crippen LogP contribution is -2.03. The second kappa shape index (κ2) is 3.85. The summed E-state index contributed by atoms with van der Waals surface area (Å²) in [7, 11) is 0. The van der Waals surface area contributed by atoms with Gasteiger partial charge in [0.25, 0.3) is 0 Å². The topological polar surface area (TPSA) is 56.7 Å². The molecular formula is C12H12N4S. The molecule has 0 radical (unpaired) electrons. The van der Waals surface area contributed by atoms with E-state index in [1.807, 2.05) is 11.6 Å². The monoisotopic (exact) mass is 244 g/mol. The smallest absolute Gasteiger partial charge is 0.168 e. The Morgan fingerprint density at radius 2 is 2.18 bits per heavy atom. The van der Waals surface area contributed by atoms with E-state index in [1.165, 1.54) is 15.6 Å². The zero-order valence-corrected chi connectivity index (χ0v) is 10.2. The molecule has 4 nitrogen and oxygen atoms in total. The number of anilines is 1. The molecule has 0 aliphatic carbocycles. The lowest BCUT2D eigenvalue weighted by molar-refractivity contribution is 0.637. The largest absolute Gasteiger partial charge is 0.381 e. The molecule has 2 heterocycles. The Labute approximate surface area is 103 Å². The van der Waals surface area contributed by atoms with Crippen LogP contribution in [0.4, 0.5) is 5.82 Å². The maximum Gasteiger partial charge on any atom is 0.168 e. The van der Waals surface area contributed by atoms with Crippen LogP contribution in [-0.2, 0) is 6.54 Å². The number of benzene rings is 1. The van der Waals surface area contributed by atoms with E-state index in [0.29, 0.717) is 5.82 Å². The van der Waals surface area contributed by atoms with E-state index in [4.69, 9.17) is 5.73 Å². The molecule has 2 aromatic heterocycles. The van der Waals surface area contributed by atoms with Crippen LogP contribution in [0.2, 0.25) is 0 Å². The number of rotatable bonds is 2. The molecule has 0 aliphatic rings.